The van der Waals surface area contributed by atoms with Gasteiger partial charge < -0.3 is 5.11 Å². The Balaban J connectivity index is 1.93. The highest BCUT2D eigenvalue weighted by atomic mass is 16.3. The van der Waals surface area contributed by atoms with Crippen molar-refractivity contribution in [2.24, 2.45) is 4.99 Å². The van der Waals surface area contributed by atoms with Crippen molar-refractivity contribution >= 4 is 6.21 Å². The van der Waals surface area contributed by atoms with E-state index in [0.717, 1.165) is 16.7 Å². The summed E-state index contributed by atoms with van der Waals surface area (Å²) in [5.41, 5.74) is 4.07. The van der Waals surface area contributed by atoms with Crippen LogP contribution in [0.5, 0.6) is 0 Å². The molecule has 0 aliphatic carbocycles. The molecule has 0 fully saturated rings. The van der Waals surface area contributed by atoms with Gasteiger partial charge in [0.25, 0.3) is 0 Å². The zero-order valence-corrected chi connectivity index (χ0v) is 13.7. The van der Waals surface area contributed by atoms with Gasteiger partial charge in [-0.05, 0) is 23.6 Å². The van der Waals surface area contributed by atoms with Crippen molar-refractivity contribution in [2.75, 3.05) is 0 Å². The van der Waals surface area contributed by atoms with Crippen LogP contribution in [0.4, 0.5) is 0 Å². The van der Waals surface area contributed by atoms with Crippen molar-refractivity contribution in [3.8, 4) is 0 Å². The predicted octanol–water partition coefficient (Wildman–Crippen LogP) is 4.89. The van der Waals surface area contributed by atoms with Gasteiger partial charge in [0, 0.05) is 6.21 Å². The smallest absolute Gasteiger partial charge is 0.105 e. The minimum atomic E-state index is -0.687. The highest BCUT2D eigenvalue weighted by Gasteiger charge is 2.21. The van der Waals surface area contributed by atoms with E-state index in [4.69, 9.17) is 0 Å². The lowest BCUT2D eigenvalue weighted by Gasteiger charge is -2.20. The van der Waals surface area contributed by atoms with Crippen molar-refractivity contribution in [1.82, 2.24) is 0 Å². The zero-order chi connectivity index (χ0) is 16.8. The van der Waals surface area contributed by atoms with Gasteiger partial charge in [-0.1, -0.05) is 90.5 Å². The van der Waals surface area contributed by atoms with E-state index >= 15 is 0 Å². The van der Waals surface area contributed by atoms with Crippen LogP contribution in [0.2, 0.25) is 0 Å². The highest BCUT2D eigenvalue weighted by Crippen LogP contribution is 2.32. The fourth-order valence-electron chi connectivity index (χ4n) is 2.65. The third-order valence-corrected chi connectivity index (χ3v) is 4.04. The first-order chi connectivity index (χ1) is 11.7. The summed E-state index contributed by atoms with van der Waals surface area (Å²) in [6.45, 7) is 2.04. The van der Waals surface area contributed by atoms with Crippen LogP contribution in [0.1, 0.15) is 34.4 Å². The number of hydrogen-bond acceptors (Lipinski definition) is 2. The first-order valence-corrected chi connectivity index (χ1v) is 8.12. The summed E-state index contributed by atoms with van der Waals surface area (Å²) < 4.78 is 0. The average Bonchev–Trinajstić information content (AvgIpc) is 2.64. The summed E-state index contributed by atoms with van der Waals surface area (Å²) in [4.78, 5) is 4.69. The van der Waals surface area contributed by atoms with Gasteiger partial charge in [0.15, 0.2) is 0 Å². The molecule has 0 amide bonds. The van der Waals surface area contributed by atoms with Crippen LogP contribution in [0.15, 0.2) is 89.9 Å². The van der Waals surface area contributed by atoms with Crippen molar-refractivity contribution < 1.29 is 5.11 Å². The molecule has 2 unspecified atom stereocenters. The molecule has 0 spiro atoms. The van der Waals surface area contributed by atoms with Gasteiger partial charge in [0.05, 0.1) is 0 Å². The Bertz CT molecular complexity index is 779. The van der Waals surface area contributed by atoms with E-state index in [1.807, 2.05) is 98.1 Å². The fraction of sp³-hybridized carbons (Fsp3) is 0.136. The average molecular weight is 315 g/mol. The number of benzene rings is 3. The Labute approximate surface area is 143 Å². The molecule has 0 aliphatic rings. The molecule has 2 atom stereocenters. The van der Waals surface area contributed by atoms with Crippen LogP contribution >= 0.6 is 0 Å². The predicted molar refractivity (Wildman–Crippen MR) is 99.4 cm³/mol. The van der Waals surface area contributed by atoms with Crippen LogP contribution in [0, 0.1) is 6.92 Å². The van der Waals surface area contributed by atoms with Gasteiger partial charge in [-0.25, -0.2) is 0 Å². The molecule has 3 aromatic rings. The Morgan fingerprint density at radius 3 is 1.96 bits per heavy atom. The lowest BCUT2D eigenvalue weighted by Crippen LogP contribution is -2.09. The topological polar surface area (TPSA) is 32.6 Å². The molecule has 0 radical (unpaired) electrons. The molecule has 2 heteroatoms. The maximum Gasteiger partial charge on any atom is 0.105 e. The van der Waals surface area contributed by atoms with Crippen molar-refractivity contribution in [1.29, 1.82) is 0 Å². The van der Waals surface area contributed by atoms with Gasteiger partial charge in [-0.15, -0.1) is 0 Å². The second kappa shape index (κ2) is 7.71. The van der Waals surface area contributed by atoms with Crippen molar-refractivity contribution in [3.05, 3.63) is 107 Å². The standard InChI is InChI=1S/C22H21NO/c1-17-12-14-20(15-13-17)22(24)21(19-10-6-3-7-11-19)23-16-18-8-4-2-5-9-18/h2-16,21-22,24H,1H3. The molecule has 3 rings (SSSR count). The lowest BCUT2D eigenvalue weighted by molar-refractivity contribution is 0.148. The summed E-state index contributed by atoms with van der Waals surface area (Å²) in [5, 5.41) is 10.9. The van der Waals surface area contributed by atoms with E-state index in [1.54, 1.807) is 0 Å². The number of hydrogen-bond donors (Lipinski definition) is 1. The van der Waals surface area contributed by atoms with Crippen molar-refractivity contribution in [3.63, 3.8) is 0 Å². The molecular weight excluding hydrogens is 294 g/mol. The molecule has 0 aromatic heterocycles. The van der Waals surface area contributed by atoms with E-state index in [0.29, 0.717) is 0 Å². The summed E-state index contributed by atoms with van der Waals surface area (Å²) in [6.07, 6.45) is 1.14. The maximum atomic E-state index is 10.9. The molecule has 0 aliphatic heterocycles. The minimum absolute atomic E-state index is 0.339. The first-order valence-electron chi connectivity index (χ1n) is 8.12. The molecule has 1 N–H and O–H groups in total. The fourth-order valence-corrected chi connectivity index (χ4v) is 2.65. The van der Waals surface area contributed by atoms with Gasteiger partial charge in [-0.2, -0.15) is 0 Å². The van der Waals surface area contributed by atoms with E-state index in [-0.39, 0.29) is 6.04 Å². The molecule has 2 nitrogen and oxygen atoms in total. The molecule has 24 heavy (non-hydrogen) atoms. The summed E-state index contributed by atoms with van der Waals surface area (Å²) in [5.74, 6) is 0. The molecule has 0 heterocycles. The van der Waals surface area contributed by atoms with E-state index in [1.165, 1.54) is 5.56 Å². The number of nitrogens with zero attached hydrogens (tertiary/aromatic N) is 1. The van der Waals surface area contributed by atoms with Gasteiger partial charge in [-0.3, -0.25) is 4.99 Å². The highest BCUT2D eigenvalue weighted by molar-refractivity contribution is 5.79. The summed E-state index contributed by atoms with van der Waals surface area (Å²) in [7, 11) is 0. The number of aliphatic imine (C=N–C) groups is 1. The normalized spacial score (nSPS) is 13.8. The van der Waals surface area contributed by atoms with Crippen LogP contribution in [0.3, 0.4) is 0 Å². The Morgan fingerprint density at radius 1 is 0.750 bits per heavy atom. The maximum absolute atomic E-state index is 10.9. The SMILES string of the molecule is Cc1ccc(C(O)C(N=Cc2ccccc2)c2ccccc2)cc1. The number of rotatable bonds is 5. The largest absolute Gasteiger partial charge is 0.386 e. The quantitative estimate of drug-likeness (QED) is 0.668. The van der Waals surface area contributed by atoms with Gasteiger partial charge in [0.1, 0.15) is 12.1 Å². The van der Waals surface area contributed by atoms with Crippen LogP contribution < -0.4 is 0 Å². The minimum Gasteiger partial charge on any atom is -0.386 e. The van der Waals surface area contributed by atoms with Crippen molar-refractivity contribution in [2.45, 2.75) is 19.1 Å². The molecule has 120 valence electrons. The third-order valence-electron chi connectivity index (χ3n) is 4.04. The molecule has 0 saturated carbocycles. The summed E-state index contributed by atoms with van der Waals surface area (Å²) in [6, 6.07) is 27.5. The Morgan fingerprint density at radius 2 is 1.33 bits per heavy atom. The first kappa shape index (κ1) is 16.2. The molecule has 0 saturated heterocycles. The Hall–Kier alpha value is -2.71. The monoisotopic (exact) mass is 315 g/mol. The van der Waals surface area contributed by atoms with E-state index in [2.05, 4.69) is 4.99 Å². The molecular formula is C22H21NO. The number of aryl methyl sites for hydroxylation is 1. The Kier molecular flexibility index (Phi) is 5.19. The molecule has 0 bridgehead atoms. The number of aliphatic hydroxyl groups excluding tert-OH is 1. The number of aliphatic hydroxyl groups is 1. The summed E-state index contributed by atoms with van der Waals surface area (Å²) >= 11 is 0. The van der Waals surface area contributed by atoms with E-state index < -0.39 is 6.10 Å². The van der Waals surface area contributed by atoms with Gasteiger partial charge in [0.2, 0.25) is 0 Å². The second-order valence-electron chi connectivity index (χ2n) is 5.90. The third kappa shape index (κ3) is 3.98. The van der Waals surface area contributed by atoms with E-state index in [9.17, 15) is 5.11 Å². The van der Waals surface area contributed by atoms with Crippen LogP contribution in [0.25, 0.3) is 0 Å². The molecule has 3 aromatic carbocycles. The zero-order valence-electron chi connectivity index (χ0n) is 13.7. The van der Waals surface area contributed by atoms with Crippen LogP contribution in [-0.2, 0) is 0 Å². The lowest BCUT2D eigenvalue weighted by atomic mass is 9.95. The second-order valence-corrected chi connectivity index (χ2v) is 5.90. The van der Waals surface area contributed by atoms with Gasteiger partial charge >= 0.3 is 0 Å². The van der Waals surface area contributed by atoms with Crippen LogP contribution in [-0.4, -0.2) is 11.3 Å².